The highest BCUT2D eigenvalue weighted by atomic mass is 16.5. The van der Waals surface area contributed by atoms with Gasteiger partial charge in [-0.3, -0.25) is 4.79 Å². The largest absolute Gasteiger partial charge is 0.494 e. The molecule has 0 fully saturated rings. The summed E-state index contributed by atoms with van der Waals surface area (Å²) in [6, 6.07) is 16.2. The van der Waals surface area contributed by atoms with Gasteiger partial charge in [-0.15, -0.1) is 0 Å². The second-order valence-corrected chi connectivity index (χ2v) is 7.07. The van der Waals surface area contributed by atoms with Gasteiger partial charge in [0.05, 0.1) is 18.8 Å². The van der Waals surface area contributed by atoms with Gasteiger partial charge in [0.1, 0.15) is 5.75 Å². The highest BCUT2D eigenvalue weighted by molar-refractivity contribution is 5.94. The van der Waals surface area contributed by atoms with Crippen molar-refractivity contribution in [3.63, 3.8) is 0 Å². The number of benzene rings is 2. The fourth-order valence-corrected chi connectivity index (χ4v) is 2.64. The van der Waals surface area contributed by atoms with Crippen LogP contribution in [0.1, 0.15) is 49.2 Å². The first kappa shape index (κ1) is 20.0. The first-order valence-corrected chi connectivity index (χ1v) is 9.13. The maximum absolute atomic E-state index is 12.7. The molecule has 2 unspecified atom stereocenters. The number of carbonyl (C=O) groups excluding carboxylic acids is 1. The molecule has 2 aromatic carbocycles. The third-order valence-corrected chi connectivity index (χ3v) is 4.59. The number of ether oxygens (including phenoxy) is 1. The van der Waals surface area contributed by atoms with Gasteiger partial charge < -0.3 is 14.7 Å². The van der Waals surface area contributed by atoms with E-state index in [1.807, 2.05) is 49.4 Å². The lowest BCUT2D eigenvalue weighted by Crippen LogP contribution is -2.39. The van der Waals surface area contributed by atoms with Crippen molar-refractivity contribution in [1.82, 2.24) is 4.90 Å². The first-order valence-electron chi connectivity index (χ1n) is 9.13. The molecule has 0 spiro atoms. The minimum absolute atomic E-state index is 0.124. The maximum Gasteiger partial charge on any atom is 0.253 e. The van der Waals surface area contributed by atoms with E-state index in [0.717, 1.165) is 17.7 Å². The summed E-state index contributed by atoms with van der Waals surface area (Å²) in [5.74, 6) is 1.24. The van der Waals surface area contributed by atoms with Crippen LogP contribution in [0.4, 0.5) is 0 Å². The molecule has 2 rings (SSSR count). The van der Waals surface area contributed by atoms with Crippen molar-refractivity contribution in [3.8, 4) is 5.75 Å². The van der Waals surface area contributed by atoms with Crippen molar-refractivity contribution >= 4 is 5.91 Å². The Morgan fingerprint density at radius 1 is 1.04 bits per heavy atom. The van der Waals surface area contributed by atoms with E-state index in [4.69, 9.17) is 4.74 Å². The van der Waals surface area contributed by atoms with Crippen molar-refractivity contribution in [2.45, 2.75) is 39.3 Å². The normalized spacial score (nSPS) is 13.3. The summed E-state index contributed by atoms with van der Waals surface area (Å²) in [7, 11) is 1.71. The molecular formula is C22H29NO3. The molecule has 0 radical (unpaired) electrons. The summed E-state index contributed by atoms with van der Waals surface area (Å²) >= 11 is 0. The minimum Gasteiger partial charge on any atom is -0.494 e. The molecule has 0 aromatic heterocycles. The zero-order valence-corrected chi connectivity index (χ0v) is 16.1. The minimum atomic E-state index is -0.733. The van der Waals surface area contributed by atoms with Crippen molar-refractivity contribution in [1.29, 1.82) is 0 Å². The Morgan fingerprint density at radius 3 is 2.23 bits per heavy atom. The van der Waals surface area contributed by atoms with Gasteiger partial charge in [0.25, 0.3) is 5.91 Å². The van der Waals surface area contributed by atoms with Crippen LogP contribution in [-0.4, -0.2) is 35.6 Å². The van der Waals surface area contributed by atoms with Crippen LogP contribution in [0.5, 0.6) is 5.75 Å². The van der Waals surface area contributed by atoms with Crippen LogP contribution in [0.25, 0.3) is 0 Å². The number of aliphatic hydroxyl groups is 1. The van der Waals surface area contributed by atoms with Crippen LogP contribution >= 0.6 is 0 Å². The zero-order valence-electron chi connectivity index (χ0n) is 16.1. The summed E-state index contributed by atoms with van der Waals surface area (Å²) in [5, 5.41) is 10.5. The van der Waals surface area contributed by atoms with Crippen LogP contribution in [-0.2, 0) is 0 Å². The molecule has 2 aromatic rings. The van der Waals surface area contributed by atoms with Crippen LogP contribution in [0, 0.1) is 5.92 Å². The van der Waals surface area contributed by atoms with Crippen molar-refractivity contribution in [3.05, 3.63) is 65.7 Å². The molecule has 26 heavy (non-hydrogen) atoms. The lowest BCUT2D eigenvalue weighted by atomic mass is 10.0. The predicted octanol–water partition coefficient (Wildman–Crippen LogP) is 4.31. The molecule has 0 saturated heterocycles. The van der Waals surface area contributed by atoms with Gasteiger partial charge in [-0.25, -0.2) is 0 Å². The molecule has 0 aliphatic heterocycles. The van der Waals surface area contributed by atoms with Gasteiger partial charge in [-0.05, 0) is 49.1 Å². The number of carbonyl (C=O) groups is 1. The third-order valence-electron chi connectivity index (χ3n) is 4.59. The highest BCUT2D eigenvalue weighted by Gasteiger charge is 2.24. The quantitative estimate of drug-likeness (QED) is 0.768. The number of likely N-dealkylation sites (N-methyl/N-ethyl adjacent to an activating group) is 1. The van der Waals surface area contributed by atoms with Crippen molar-refractivity contribution in [2.75, 3.05) is 13.7 Å². The lowest BCUT2D eigenvalue weighted by Gasteiger charge is -2.29. The smallest absolute Gasteiger partial charge is 0.253 e. The molecule has 1 amide bonds. The summed E-state index contributed by atoms with van der Waals surface area (Å²) in [4.78, 5) is 14.3. The molecule has 2 atom stereocenters. The van der Waals surface area contributed by atoms with Gasteiger partial charge in [0, 0.05) is 12.6 Å². The Morgan fingerprint density at radius 2 is 1.65 bits per heavy atom. The van der Waals surface area contributed by atoms with Gasteiger partial charge >= 0.3 is 0 Å². The van der Waals surface area contributed by atoms with E-state index in [1.54, 1.807) is 24.1 Å². The maximum atomic E-state index is 12.7. The van der Waals surface area contributed by atoms with Gasteiger partial charge in [-0.2, -0.15) is 0 Å². The van der Waals surface area contributed by atoms with E-state index < -0.39 is 6.10 Å². The number of rotatable bonds is 8. The Balaban J connectivity index is 1.98. The Kier molecular flexibility index (Phi) is 7.22. The SMILES string of the molecule is CC(C)CCOc1ccc(C(=O)N(C)C(C)C(O)c2ccccc2)cc1. The first-order chi connectivity index (χ1) is 12.4. The molecule has 0 aliphatic rings. The molecule has 4 nitrogen and oxygen atoms in total. The number of amides is 1. The fourth-order valence-electron chi connectivity index (χ4n) is 2.64. The third kappa shape index (κ3) is 5.33. The molecule has 0 bridgehead atoms. The average Bonchev–Trinajstić information content (AvgIpc) is 2.66. The highest BCUT2D eigenvalue weighted by Crippen LogP contribution is 2.22. The summed E-state index contributed by atoms with van der Waals surface area (Å²) < 4.78 is 5.69. The average molecular weight is 355 g/mol. The second-order valence-electron chi connectivity index (χ2n) is 7.07. The molecule has 0 aliphatic carbocycles. The van der Waals surface area contributed by atoms with Gasteiger partial charge in [-0.1, -0.05) is 44.2 Å². The number of aliphatic hydroxyl groups excluding tert-OH is 1. The molecule has 0 saturated carbocycles. The van der Waals surface area contributed by atoms with E-state index in [9.17, 15) is 9.90 Å². The zero-order chi connectivity index (χ0) is 19.1. The van der Waals surface area contributed by atoms with Crippen LogP contribution < -0.4 is 4.74 Å². The van der Waals surface area contributed by atoms with Gasteiger partial charge in [0.15, 0.2) is 0 Å². The van der Waals surface area contributed by atoms with Gasteiger partial charge in [0.2, 0.25) is 0 Å². The molecule has 140 valence electrons. The van der Waals surface area contributed by atoms with E-state index in [1.165, 1.54) is 0 Å². The monoisotopic (exact) mass is 355 g/mol. The van der Waals surface area contributed by atoms with Crippen molar-refractivity contribution in [2.24, 2.45) is 5.92 Å². The number of hydrogen-bond donors (Lipinski definition) is 1. The summed E-state index contributed by atoms with van der Waals surface area (Å²) in [5.41, 5.74) is 1.38. The van der Waals surface area contributed by atoms with E-state index in [-0.39, 0.29) is 11.9 Å². The van der Waals surface area contributed by atoms with E-state index in [0.29, 0.717) is 18.1 Å². The molecule has 1 N–H and O–H groups in total. The molecule has 4 heteroatoms. The number of nitrogens with zero attached hydrogens (tertiary/aromatic N) is 1. The summed E-state index contributed by atoms with van der Waals surface area (Å²) in [6.45, 7) is 6.84. The van der Waals surface area contributed by atoms with E-state index >= 15 is 0 Å². The summed E-state index contributed by atoms with van der Waals surface area (Å²) in [6.07, 6.45) is 0.266. The van der Waals surface area contributed by atoms with E-state index in [2.05, 4.69) is 13.8 Å². The standard InChI is InChI=1S/C22H29NO3/c1-16(2)14-15-26-20-12-10-19(11-13-20)22(25)23(4)17(3)21(24)18-8-6-5-7-9-18/h5-13,16-17,21,24H,14-15H2,1-4H3. The predicted molar refractivity (Wildman–Crippen MR) is 104 cm³/mol. The van der Waals surface area contributed by atoms with Crippen LogP contribution in [0.15, 0.2) is 54.6 Å². The fraction of sp³-hybridized carbons (Fsp3) is 0.409. The molecular weight excluding hydrogens is 326 g/mol. The Bertz CT molecular complexity index is 682. The molecule has 0 heterocycles. The second kappa shape index (κ2) is 9.39. The Labute approximate surface area is 156 Å². The lowest BCUT2D eigenvalue weighted by molar-refractivity contribution is 0.0487. The van der Waals surface area contributed by atoms with Crippen molar-refractivity contribution < 1.29 is 14.6 Å². The number of hydrogen-bond acceptors (Lipinski definition) is 3. The topological polar surface area (TPSA) is 49.8 Å². The van der Waals surface area contributed by atoms with Crippen LogP contribution in [0.2, 0.25) is 0 Å². The van der Waals surface area contributed by atoms with Crippen LogP contribution in [0.3, 0.4) is 0 Å². The Hall–Kier alpha value is -2.33.